The summed E-state index contributed by atoms with van der Waals surface area (Å²) >= 11 is 0. The molecule has 0 radical (unpaired) electrons. The van der Waals surface area contributed by atoms with E-state index < -0.39 is 12.4 Å². The second-order valence-electron chi connectivity index (χ2n) is 4.68. The van der Waals surface area contributed by atoms with Crippen LogP contribution in [0.1, 0.15) is 17.0 Å². The summed E-state index contributed by atoms with van der Waals surface area (Å²) in [6, 6.07) is 9.41. The Morgan fingerprint density at radius 3 is 2.43 bits per heavy atom. The van der Waals surface area contributed by atoms with Crippen molar-refractivity contribution in [1.29, 1.82) is 0 Å². The van der Waals surface area contributed by atoms with Gasteiger partial charge in [-0.1, -0.05) is 29.2 Å². The zero-order chi connectivity index (χ0) is 14.8. The maximum atomic E-state index is 13.0. The van der Waals surface area contributed by atoms with Crippen LogP contribution in [0, 0.1) is 13.8 Å². The van der Waals surface area contributed by atoms with Crippen LogP contribution in [0.3, 0.4) is 0 Å². The average molecular weight is 319 g/mol. The van der Waals surface area contributed by atoms with E-state index in [0.29, 0.717) is 11.3 Å². The second-order valence-corrected chi connectivity index (χ2v) is 4.68. The number of hydrogen-bond donors (Lipinski definition) is 0. The van der Waals surface area contributed by atoms with Gasteiger partial charge in [0.2, 0.25) is 0 Å². The molecule has 0 spiro atoms. The summed E-state index contributed by atoms with van der Waals surface area (Å²) in [7, 11) is 0. The van der Waals surface area contributed by atoms with Crippen molar-refractivity contribution < 1.29 is 69.1 Å². The average Bonchev–Trinajstić information content (AvgIpc) is 2.36. The maximum absolute atomic E-state index is 13.0. The molecule has 0 aliphatic rings. The Morgan fingerprint density at radius 1 is 1.10 bits per heavy atom. The molecule has 1 aromatic carbocycles. The van der Waals surface area contributed by atoms with Crippen molar-refractivity contribution in [3.63, 3.8) is 0 Å². The molecule has 1 aromatic heterocycles. The van der Waals surface area contributed by atoms with Gasteiger partial charge in [0.05, 0.1) is 11.4 Å². The predicted molar refractivity (Wildman–Crippen MR) is 73.2 cm³/mol. The fourth-order valence-electron chi connectivity index (χ4n) is 1.89. The molecule has 0 unspecified atom stereocenters. The number of nitrogens with zero attached hydrogens (tertiary/aromatic N) is 1. The minimum atomic E-state index is -5.09. The molecule has 0 saturated heterocycles. The van der Waals surface area contributed by atoms with Gasteiger partial charge in [-0.05, 0) is 32.0 Å². The van der Waals surface area contributed by atoms with Crippen molar-refractivity contribution in [3.8, 4) is 5.75 Å². The number of aromatic nitrogens is 1. The van der Waals surface area contributed by atoms with Crippen molar-refractivity contribution in [1.82, 2.24) is 4.98 Å². The Balaban J connectivity index is 0.00000220. The summed E-state index contributed by atoms with van der Waals surface area (Å²) in [5.74, 6) is -0.147. The van der Waals surface area contributed by atoms with Crippen LogP contribution in [0.25, 0.3) is 0 Å². The van der Waals surface area contributed by atoms with Gasteiger partial charge >= 0.3 is 58.4 Å². The van der Waals surface area contributed by atoms with Crippen LogP contribution < -0.4 is 61.6 Å². The number of halogens is 3. The molecule has 0 saturated carbocycles. The third-order valence-electron chi connectivity index (χ3n) is 2.84. The van der Waals surface area contributed by atoms with Gasteiger partial charge in [-0.25, -0.2) is 0 Å². The van der Waals surface area contributed by atoms with Crippen LogP contribution in [-0.2, 0) is 6.61 Å². The Morgan fingerprint density at radius 2 is 1.81 bits per heavy atom. The molecule has 7 heteroatoms. The molecular formula is C14H14BF3KNO. The first-order chi connectivity index (χ1) is 9.36. The molecule has 0 bridgehead atoms. The van der Waals surface area contributed by atoms with Crippen LogP contribution in [0.15, 0.2) is 36.4 Å². The van der Waals surface area contributed by atoms with Gasteiger partial charge in [0.15, 0.2) is 0 Å². The number of aryl methyl sites for hydroxylation is 2. The summed E-state index contributed by atoms with van der Waals surface area (Å²) in [6.45, 7) is -1.63. The van der Waals surface area contributed by atoms with Crippen molar-refractivity contribution in [2.45, 2.75) is 20.5 Å². The molecule has 1 heterocycles. The molecule has 0 N–H and O–H groups in total. The predicted octanol–water partition coefficient (Wildman–Crippen LogP) is 0.336. The number of benzene rings is 1. The van der Waals surface area contributed by atoms with Gasteiger partial charge in [0, 0.05) is 5.69 Å². The van der Waals surface area contributed by atoms with Gasteiger partial charge in [-0.2, -0.15) is 0 Å². The monoisotopic (exact) mass is 319 g/mol. The SMILES string of the molecule is Cc1ccc(OCc2cccc(C)n2)c([B-](F)(F)F)c1.[K+]. The Bertz CT molecular complexity index is 619. The van der Waals surface area contributed by atoms with Crippen molar-refractivity contribution in [3.05, 3.63) is 53.3 Å². The Kier molecular flexibility index (Phi) is 6.93. The van der Waals surface area contributed by atoms with E-state index in [1.807, 2.05) is 13.0 Å². The topological polar surface area (TPSA) is 22.1 Å². The van der Waals surface area contributed by atoms with Crippen molar-refractivity contribution >= 4 is 12.4 Å². The second kappa shape index (κ2) is 7.78. The van der Waals surface area contributed by atoms with Crippen LogP contribution in [-0.4, -0.2) is 12.0 Å². The number of rotatable bonds is 4. The van der Waals surface area contributed by atoms with Gasteiger partial charge < -0.3 is 17.7 Å². The molecule has 2 rings (SSSR count). The zero-order valence-electron chi connectivity index (χ0n) is 12.2. The minimum absolute atomic E-state index is 0. The number of pyridine rings is 1. The van der Waals surface area contributed by atoms with Crippen molar-refractivity contribution in [2.75, 3.05) is 0 Å². The molecule has 0 amide bonds. The fraction of sp³-hybridized carbons (Fsp3) is 0.214. The van der Waals surface area contributed by atoms with Gasteiger partial charge in [0.1, 0.15) is 6.61 Å². The summed E-state index contributed by atoms with van der Waals surface area (Å²) in [4.78, 5) is 4.20. The normalized spacial score (nSPS) is 10.9. The zero-order valence-corrected chi connectivity index (χ0v) is 15.4. The first-order valence-corrected chi connectivity index (χ1v) is 6.22. The van der Waals surface area contributed by atoms with E-state index in [1.54, 1.807) is 25.1 Å². The van der Waals surface area contributed by atoms with E-state index >= 15 is 0 Å². The Hall–Kier alpha value is -0.339. The van der Waals surface area contributed by atoms with Crippen molar-refractivity contribution in [2.24, 2.45) is 0 Å². The quantitative estimate of drug-likeness (QED) is 0.758. The van der Waals surface area contributed by atoms with E-state index in [9.17, 15) is 12.9 Å². The molecular weight excluding hydrogens is 305 g/mol. The fourth-order valence-corrected chi connectivity index (χ4v) is 1.89. The van der Waals surface area contributed by atoms with E-state index in [2.05, 4.69) is 4.98 Å². The molecule has 0 fully saturated rings. The van der Waals surface area contributed by atoms with Gasteiger partial charge in [-0.3, -0.25) is 4.98 Å². The molecule has 2 nitrogen and oxygen atoms in total. The summed E-state index contributed by atoms with van der Waals surface area (Å²) in [5.41, 5.74) is 1.26. The summed E-state index contributed by atoms with van der Waals surface area (Å²) in [6.07, 6.45) is 0. The van der Waals surface area contributed by atoms with Gasteiger partial charge in [-0.15, -0.1) is 0 Å². The Labute approximate surface area is 164 Å². The van der Waals surface area contributed by atoms with Crippen LogP contribution >= 0.6 is 0 Å². The maximum Gasteiger partial charge on any atom is 1.00 e. The third kappa shape index (κ3) is 5.41. The molecule has 0 aliphatic heterocycles. The smallest absolute Gasteiger partial charge is 0.490 e. The molecule has 0 atom stereocenters. The van der Waals surface area contributed by atoms with E-state index in [-0.39, 0.29) is 63.7 Å². The largest absolute Gasteiger partial charge is 1.00 e. The van der Waals surface area contributed by atoms with E-state index in [0.717, 1.165) is 11.8 Å². The molecule has 106 valence electrons. The molecule has 2 aromatic rings. The van der Waals surface area contributed by atoms with Crippen LogP contribution in [0.2, 0.25) is 0 Å². The van der Waals surface area contributed by atoms with E-state index in [4.69, 9.17) is 4.74 Å². The standard InChI is InChI=1S/C14H14BF3NO.K/c1-10-6-7-14(13(8-10)15(16,17)18)20-9-12-5-3-4-11(2)19-12;/h3-8H,9H2,1-2H3;/q-1;+1. The van der Waals surface area contributed by atoms with Crippen LogP contribution in [0.5, 0.6) is 5.75 Å². The molecule has 21 heavy (non-hydrogen) atoms. The van der Waals surface area contributed by atoms with Gasteiger partial charge in [0.25, 0.3) is 0 Å². The van der Waals surface area contributed by atoms with Crippen LogP contribution in [0.4, 0.5) is 12.9 Å². The first-order valence-electron chi connectivity index (χ1n) is 6.22. The van der Waals surface area contributed by atoms with E-state index in [1.165, 1.54) is 6.07 Å². The number of ether oxygens (including phenoxy) is 1. The number of hydrogen-bond acceptors (Lipinski definition) is 2. The summed E-state index contributed by atoms with van der Waals surface area (Å²) in [5, 5.41) is 0. The summed E-state index contributed by atoms with van der Waals surface area (Å²) < 4.78 is 44.2. The first kappa shape index (κ1) is 18.7. The minimum Gasteiger partial charge on any atom is -0.490 e. The molecule has 0 aliphatic carbocycles. The third-order valence-corrected chi connectivity index (χ3v) is 2.84.